The number of hydrogen-bond donors (Lipinski definition) is 1. The highest BCUT2D eigenvalue weighted by molar-refractivity contribution is 5.33. The molecule has 0 saturated heterocycles. The van der Waals surface area contributed by atoms with Crippen LogP contribution >= 0.6 is 0 Å². The molecular weight excluding hydrogens is 239 g/mol. The third-order valence-corrected chi connectivity index (χ3v) is 3.08. The molecule has 0 aromatic heterocycles. The monoisotopic (exact) mass is 258 g/mol. The summed E-state index contributed by atoms with van der Waals surface area (Å²) in [7, 11) is 0. The Morgan fingerprint density at radius 3 is 2.26 bits per heavy atom. The second-order valence-electron chi connectivity index (χ2n) is 5.30. The Hall–Kier alpha value is -1.67. The number of aliphatic hydroxyl groups excluding tert-OH is 1. The molecule has 2 aromatic rings. The van der Waals surface area contributed by atoms with Gasteiger partial charge < -0.3 is 5.11 Å². The van der Waals surface area contributed by atoms with Gasteiger partial charge in [0.2, 0.25) is 0 Å². The van der Waals surface area contributed by atoms with Crippen molar-refractivity contribution >= 4 is 0 Å². The molecule has 0 fully saturated rings. The van der Waals surface area contributed by atoms with Crippen molar-refractivity contribution in [2.75, 3.05) is 0 Å². The fourth-order valence-corrected chi connectivity index (χ4v) is 2.23. The van der Waals surface area contributed by atoms with Crippen molar-refractivity contribution in [1.82, 2.24) is 0 Å². The van der Waals surface area contributed by atoms with E-state index in [1.54, 1.807) is 12.1 Å². The van der Waals surface area contributed by atoms with E-state index in [1.807, 2.05) is 18.2 Å². The summed E-state index contributed by atoms with van der Waals surface area (Å²) in [6.07, 6.45) is 0.201. The maximum atomic E-state index is 13.2. The zero-order chi connectivity index (χ0) is 13.8. The van der Waals surface area contributed by atoms with Gasteiger partial charge in [0.1, 0.15) is 11.9 Å². The van der Waals surface area contributed by atoms with Crippen LogP contribution in [-0.2, 0) is 6.42 Å². The molecule has 1 nitrogen and oxygen atoms in total. The smallest absolute Gasteiger partial charge is 0.123 e. The lowest BCUT2D eigenvalue weighted by Gasteiger charge is -2.13. The van der Waals surface area contributed by atoms with E-state index in [0.29, 0.717) is 11.5 Å². The summed E-state index contributed by atoms with van der Waals surface area (Å²) < 4.78 is 13.2. The first-order valence-corrected chi connectivity index (χ1v) is 6.58. The first-order chi connectivity index (χ1) is 9.06. The average molecular weight is 258 g/mol. The average Bonchev–Trinajstić information content (AvgIpc) is 2.37. The summed E-state index contributed by atoms with van der Waals surface area (Å²) in [5, 5.41) is 10.3. The van der Waals surface area contributed by atoms with E-state index in [-0.39, 0.29) is 5.82 Å². The minimum Gasteiger partial charge on any atom is -0.384 e. The Bertz CT molecular complexity index is 548. The van der Waals surface area contributed by atoms with Crippen molar-refractivity contribution in [2.24, 2.45) is 5.92 Å². The molecule has 0 spiro atoms. The zero-order valence-corrected chi connectivity index (χ0v) is 11.3. The molecule has 0 aliphatic carbocycles. The lowest BCUT2D eigenvalue weighted by molar-refractivity contribution is 0.219. The third kappa shape index (κ3) is 3.65. The fourth-order valence-electron chi connectivity index (χ4n) is 2.23. The van der Waals surface area contributed by atoms with Gasteiger partial charge in [-0.25, -0.2) is 4.39 Å². The Morgan fingerprint density at radius 1 is 1.00 bits per heavy atom. The predicted molar refractivity (Wildman–Crippen MR) is 75.4 cm³/mol. The first kappa shape index (κ1) is 13.8. The Morgan fingerprint density at radius 2 is 1.63 bits per heavy atom. The molecule has 1 atom stereocenters. The predicted octanol–water partition coefficient (Wildman–Crippen LogP) is 4.11. The molecule has 100 valence electrons. The van der Waals surface area contributed by atoms with Gasteiger partial charge in [-0.3, -0.25) is 0 Å². The SMILES string of the molecule is CC(C)Cc1cccc(C(O)c2cccc(F)c2)c1. The number of rotatable bonds is 4. The topological polar surface area (TPSA) is 20.2 Å². The molecule has 2 aromatic carbocycles. The lowest BCUT2D eigenvalue weighted by Crippen LogP contribution is -2.02. The molecular formula is C17H19FO. The molecule has 1 unspecified atom stereocenters. The largest absolute Gasteiger partial charge is 0.384 e. The van der Waals surface area contributed by atoms with E-state index < -0.39 is 6.10 Å². The summed E-state index contributed by atoms with van der Waals surface area (Å²) in [6, 6.07) is 14.0. The molecule has 0 aliphatic heterocycles. The van der Waals surface area contributed by atoms with E-state index in [0.717, 1.165) is 12.0 Å². The first-order valence-electron chi connectivity index (χ1n) is 6.58. The molecule has 0 heterocycles. The maximum Gasteiger partial charge on any atom is 0.123 e. The summed E-state index contributed by atoms with van der Waals surface area (Å²) in [6.45, 7) is 4.32. The second kappa shape index (κ2) is 5.98. The fraction of sp³-hybridized carbons (Fsp3) is 0.294. The van der Waals surface area contributed by atoms with E-state index in [1.165, 1.54) is 17.7 Å². The van der Waals surface area contributed by atoms with E-state index in [2.05, 4.69) is 19.9 Å². The highest BCUT2D eigenvalue weighted by Gasteiger charge is 2.11. The molecule has 0 aliphatic rings. The molecule has 0 bridgehead atoms. The Balaban J connectivity index is 2.26. The van der Waals surface area contributed by atoms with E-state index in [9.17, 15) is 9.50 Å². The van der Waals surface area contributed by atoms with Gasteiger partial charge in [0, 0.05) is 0 Å². The van der Waals surface area contributed by atoms with Crippen LogP contribution in [-0.4, -0.2) is 5.11 Å². The number of hydrogen-bond acceptors (Lipinski definition) is 1. The van der Waals surface area contributed by atoms with Crippen molar-refractivity contribution in [1.29, 1.82) is 0 Å². The Labute approximate surface area is 113 Å². The molecule has 19 heavy (non-hydrogen) atoms. The lowest BCUT2D eigenvalue weighted by atomic mass is 9.96. The number of benzene rings is 2. The molecule has 0 saturated carbocycles. The summed E-state index contributed by atoms with van der Waals surface area (Å²) in [4.78, 5) is 0. The van der Waals surface area contributed by atoms with E-state index in [4.69, 9.17) is 0 Å². The number of halogens is 1. The second-order valence-corrected chi connectivity index (χ2v) is 5.30. The normalized spacial score (nSPS) is 12.7. The Kier molecular flexibility index (Phi) is 4.33. The van der Waals surface area contributed by atoms with Gasteiger partial charge in [0.15, 0.2) is 0 Å². The molecule has 2 rings (SSSR count). The number of aliphatic hydroxyl groups is 1. The summed E-state index contributed by atoms with van der Waals surface area (Å²) in [5.41, 5.74) is 2.59. The van der Waals surface area contributed by atoms with Gasteiger partial charge in [-0.05, 0) is 41.2 Å². The standard InChI is InChI=1S/C17H19FO/c1-12(2)9-13-5-3-6-14(10-13)17(19)15-7-4-8-16(18)11-15/h3-8,10-12,17,19H,9H2,1-2H3. The van der Waals surface area contributed by atoms with Crippen LogP contribution in [0.3, 0.4) is 0 Å². The van der Waals surface area contributed by atoms with Gasteiger partial charge in [0.25, 0.3) is 0 Å². The van der Waals surface area contributed by atoms with Crippen LogP contribution in [0, 0.1) is 11.7 Å². The van der Waals surface area contributed by atoms with E-state index >= 15 is 0 Å². The van der Waals surface area contributed by atoms with Crippen LogP contribution in [0.15, 0.2) is 48.5 Å². The minimum absolute atomic E-state index is 0.324. The quantitative estimate of drug-likeness (QED) is 0.875. The zero-order valence-electron chi connectivity index (χ0n) is 11.3. The molecule has 0 radical (unpaired) electrons. The third-order valence-electron chi connectivity index (χ3n) is 3.08. The van der Waals surface area contributed by atoms with Crippen LogP contribution in [0.1, 0.15) is 36.6 Å². The van der Waals surface area contributed by atoms with Crippen molar-refractivity contribution in [3.8, 4) is 0 Å². The van der Waals surface area contributed by atoms with Crippen molar-refractivity contribution in [2.45, 2.75) is 26.4 Å². The summed E-state index contributed by atoms with van der Waals surface area (Å²) in [5.74, 6) is 0.247. The highest BCUT2D eigenvalue weighted by atomic mass is 19.1. The van der Waals surface area contributed by atoms with Gasteiger partial charge in [-0.15, -0.1) is 0 Å². The maximum absolute atomic E-state index is 13.2. The minimum atomic E-state index is -0.775. The highest BCUT2D eigenvalue weighted by Crippen LogP contribution is 2.23. The summed E-state index contributed by atoms with van der Waals surface area (Å²) >= 11 is 0. The van der Waals surface area contributed by atoms with Crippen LogP contribution in [0.25, 0.3) is 0 Å². The van der Waals surface area contributed by atoms with Gasteiger partial charge in [-0.2, -0.15) is 0 Å². The van der Waals surface area contributed by atoms with Crippen LogP contribution in [0.4, 0.5) is 4.39 Å². The van der Waals surface area contributed by atoms with Gasteiger partial charge in [-0.1, -0.05) is 50.2 Å². The molecule has 2 heteroatoms. The van der Waals surface area contributed by atoms with Gasteiger partial charge >= 0.3 is 0 Å². The van der Waals surface area contributed by atoms with Crippen LogP contribution < -0.4 is 0 Å². The van der Waals surface area contributed by atoms with Crippen molar-refractivity contribution < 1.29 is 9.50 Å². The van der Waals surface area contributed by atoms with Crippen LogP contribution in [0.2, 0.25) is 0 Å². The van der Waals surface area contributed by atoms with Crippen LogP contribution in [0.5, 0.6) is 0 Å². The van der Waals surface area contributed by atoms with Crippen molar-refractivity contribution in [3.63, 3.8) is 0 Å². The molecule has 0 amide bonds. The molecule has 1 N–H and O–H groups in total. The van der Waals surface area contributed by atoms with Gasteiger partial charge in [0.05, 0.1) is 0 Å². The van der Waals surface area contributed by atoms with Crippen molar-refractivity contribution in [3.05, 3.63) is 71.0 Å².